The first-order valence-electron chi connectivity index (χ1n) is 4.49. The van der Waals surface area contributed by atoms with E-state index < -0.39 is 0 Å². The van der Waals surface area contributed by atoms with Crippen LogP contribution in [0.3, 0.4) is 0 Å². The summed E-state index contributed by atoms with van der Waals surface area (Å²) in [6, 6.07) is 7.51. The molecule has 0 aliphatic carbocycles. The van der Waals surface area contributed by atoms with Crippen LogP contribution in [0, 0.1) is 0 Å². The van der Waals surface area contributed by atoms with Crippen LogP contribution >= 0.6 is 15.9 Å². The zero-order valence-corrected chi connectivity index (χ0v) is 9.45. The van der Waals surface area contributed by atoms with Crippen molar-refractivity contribution in [2.75, 3.05) is 18.0 Å². The van der Waals surface area contributed by atoms with Crippen molar-refractivity contribution in [2.45, 2.75) is 0 Å². The number of imide groups is 1. The number of benzene rings is 1. The van der Waals surface area contributed by atoms with Crippen molar-refractivity contribution < 1.29 is 9.59 Å². The third-order valence-corrected chi connectivity index (χ3v) is 2.81. The minimum atomic E-state index is -0.262. The van der Waals surface area contributed by atoms with E-state index in [0.717, 1.165) is 10.2 Å². The van der Waals surface area contributed by atoms with Gasteiger partial charge in [-0.25, -0.2) is 0 Å². The zero-order chi connectivity index (χ0) is 10.8. The molecule has 0 spiro atoms. The first-order valence-corrected chi connectivity index (χ1v) is 5.28. The molecule has 1 aromatic rings. The second kappa shape index (κ2) is 4.02. The lowest BCUT2D eigenvalue weighted by atomic mass is 10.2. The lowest BCUT2D eigenvalue weighted by Gasteiger charge is -2.28. The molecule has 1 aliphatic rings. The van der Waals surface area contributed by atoms with Gasteiger partial charge in [-0.1, -0.05) is 12.1 Å². The van der Waals surface area contributed by atoms with Crippen molar-refractivity contribution in [1.82, 2.24) is 5.32 Å². The fourth-order valence-corrected chi connectivity index (χ4v) is 2.05. The van der Waals surface area contributed by atoms with Crippen LogP contribution in [0.4, 0.5) is 5.69 Å². The van der Waals surface area contributed by atoms with E-state index >= 15 is 0 Å². The van der Waals surface area contributed by atoms with E-state index in [-0.39, 0.29) is 24.9 Å². The van der Waals surface area contributed by atoms with Crippen molar-refractivity contribution in [3.63, 3.8) is 0 Å². The van der Waals surface area contributed by atoms with Gasteiger partial charge in [0, 0.05) is 4.47 Å². The second-order valence-electron chi connectivity index (χ2n) is 3.28. The van der Waals surface area contributed by atoms with E-state index in [4.69, 9.17) is 0 Å². The smallest absolute Gasteiger partial charge is 0.246 e. The van der Waals surface area contributed by atoms with Gasteiger partial charge in [0.05, 0.1) is 18.8 Å². The van der Waals surface area contributed by atoms with E-state index in [1.54, 1.807) is 4.90 Å². The fraction of sp³-hybridized carbons (Fsp3) is 0.200. The molecule has 2 amide bonds. The predicted octanol–water partition coefficient (Wildman–Crippen LogP) is 0.912. The lowest BCUT2D eigenvalue weighted by Crippen LogP contribution is -2.51. The summed E-state index contributed by atoms with van der Waals surface area (Å²) in [4.78, 5) is 24.1. The molecule has 4 nitrogen and oxygen atoms in total. The molecular formula is C10H9BrN2O2. The number of rotatable bonds is 1. The monoisotopic (exact) mass is 268 g/mol. The maximum atomic E-state index is 11.2. The molecule has 0 saturated carbocycles. The Hall–Kier alpha value is -1.36. The van der Waals surface area contributed by atoms with Crippen molar-refractivity contribution in [1.29, 1.82) is 0 Å². The molecule has 0 aromatic heterocycles. The Morgan fingerprint density at radius 3 is 2.33 bits per heavy atom. The van der Waals surface area contributed by atoms with Gasteiger partial charge in [0.15, 0.2) is 0 Å². The third-order valence-electron chi connectivity index (χ3n) is 2.14. The normalized spacial score (nSPS) is 16.5. The summed E-state index contributed by atoms with van der Waals surface area (Å²) < 4.78 is 0.882. The molecule has 1 fully saturated rings. The van der Waals surface area contributed by atoms with Crippen molar-refractivity contribution in [2.24, 2.45) is 0 Å². The number of nitrogens with zero attached hydrogens (tertiary/aromatic N) is 1. The third kappa shape index (κ3) is 2.18. The number of hydrogen-bond donors (Lipinski definition) is 1. The molecule has 5 heteroatoms. The minimum Gasteiger partial charge on any atom is -0.352 e. The van der Waals surface area contributed by atoms with E-state index in [1.807, 2.05) is 24.3 Å². The molecule has 2 rings (SSSR count). The number of carbonyl (C=O) groups is 2. The van der Waals surface area contributed by atoms with Crippen molar-refractivity contribution in [3.8, 4) is 0 Å². The maximum Gasteiger partial charge on any atom is 0.246 e. The number of carbonyl (C=O) groups excluding carboxylic acids is 2. The first kappa shape index (κ1) is 10.2. The average Bonchev–Trinajstić information content (AvgIpc) is 2.16. The molecule has 1 saturated heterocycles. The summed E-state index contributed by atoms with van der Waals surface area (Å²) in [5.41, 5.74) is 0.862. The Kier molecular flexibility index (Phi) is 2.73. The van der Waals surface area contributed by atoms with Crippen LogP contribution in [0.25, 0.3) is 0 Å². The summed E-state index contributed by atoms with van der Waals surface area (Å²) in [7, 11) is 0. The second-order valence-corrected chi connectivity index (χ2v) is 4.13. The molecular weight excluding hydrogens is 260 g/mol. The average molecular weight is 269 g/mol. The van der Waals surface area contributed by atoms with E-state index in [1.165, 1.54) is 0 Å². The number of hydrogen-bond acceptors (Lipinski definition) is 3. The molecule has 1 aliphatic heterocycles. The van der Waals surface area contributed by atoms with Crippen LogP contribution in [-0.4, -0.2) is 24.9 Å². The zero-order valence-electron chi connectivity index (χ0n) is 7.87. The number of piperazine rings is 1. The Morgan fingerprint density at radius 1 is 1.13 bits per heavy atom. The van der Waals surface area contributed by atoms with Gasteiger partial charge >= 0.3 is 0 Å². The summed E-state index contributed by atoms with van der Waals surface area (Å²) in [6.45, 7) is 0.433. The SMILES string of the molecule is O=C1CN(c2ccccc2Br)CC(=O)N1. The fourth-order valence-electron chi connectivity index (χ4n) is 1.52. The van der Waals surface area contributed by atoms with Gasteiger partial charge in [0.25, 0.3) is 0 Å². The molecule has 0 unspecified atom stereocenters. The van der Waals surface area contributed by atoms with Crippen molar-refractivity contribution in [3.05, 3.63) is 28.7 Å². The van der Waals surface area contributed by atoms with Crippen LogP contribution in [0.2, 0.25) is 0 Å². The number of para-hydroxylation sites is 1. The van der Waals surface area contributed by atoms with Gasteiger partial charge in [0.2, 0.25) is 11.8 Å². The quantitative estimate of drug-likeness (QED) is 0.771. The molecule has 1 N–H and O–H groups in total. The predicted molar refractivity (Wildman–Crippen MR) is 59.5 cm³/mol. The van der Waals surface area contributed by atoms with Gasteiger partial charge in [-0.2, -0.15) is 0 Å². The molecule has 15 heavy (non-hydrogen) atoms. The molecule has 1 heterocycles. The molecule has 78 valence electrons. The summed E-state index contributed by atoms with van der Waals surface area (Å²) in [6.07, 6.45) is 0. The van der Waals surface area contributed by atoms with Gasteiger partial charge in [-0.05, 0) is 28.1 Å². The highest BCUT2D eigenvalue weighted by Crippen LogP contribution is 2.25. The summed E-state index contributed by atoms with van der Waals surface area (Å²) in [5, 5.41) is 2.26. The number of nitrogens with one attached hydrogen (secondary N) is 1. The number of halogens is 1. The molecule has 0 bridgehead atoms. The largest absolute Gasteiger partial charge is 0.352 e. The minimum absolute atomic E-state index is 0.217. The van der Waals surface area contributed by atoms with E-state index in [9.17, 15) is 9.59 Å². The highest BCUT2D eigenvalue weighted by molar-refractivity contribution is 9.10. The Bertz CT molecular complexity index is 404. The molecule has 0 atom stereocenters. The Labute approximate surface area is 95.4 Å². The van der Waals surface area contributed by atoms with Crippen molar-refractivity contribution >= 4 is 33.4 Å². The van der Waals surface area contributed by atoms with Gasteiger partial charge in [-0.15, -0.1) is 0 Å². The Morgan fingerprint density at radius 2 is 1.73 bits per heavy atom. The molecule has 0 radical (unpaired) electrons. The summed E-state index contributed by atoms with van der Waals surface area (Å²) in [5.74, 6) is -0.524. The summed E-state index contributed by atoms with van der Waals surface area (Å²) >= 11 is 3.39. The van der Waals surface area contributed by atoms with Crippen LogP contribution in [-0.2, 0) is 9.59 Å². The van der Waals surface area contributed by atoms with Gasteiger partial charge < -0.3 is 4.90 Å². The number of amides is 2. The topological polar surface area (TPSA) is 49.4 Å². The molecule has 1 aromatic carbocycles. The van der Waals surface area contributed by atoms with E-state index in [2.05, 4.69) is 21.2 Å². The van der Waals surface area contributed by atoms with Crippen LogP contribution < -0.4 is 10.2 Å². The van der Waals surface area contributed by atoms with Gasteiger partial charge in [-0.3, -0.25) is 14.9 Å². The highest BCUT2D eigenvalue weighted by Gasteiger charge is 2.23. The first-order chi connectivity index (χ1) is 7.16. The van der Waals surface area contributed by atoms with Crippen LogP contribution in [0.5, 0.6) is 0 Å². The maximum absolute atomic E-state index is 11.2. The number of anilines is 1. The highest BCUT2D eigenvalue weighted by atomic mass is 79.9. The van der Waals surface area contributed by atoms with Gasteiger partial charge in [0.1, 0.15) is 0 Å². The Balaban J connectivity index is 2.27. The lowest BCUT2D eigenvalue weighted by molar-refractivity contribution is -0.130. The van der Waals surface area contributed by atoms with Crippen LogP contribution in [0.15, 0.2) is 28.7 Å². The van der Waals surface area contributed by atoms with Crippen LogP contribution in [0.1, 0.15) is 0 Å². The van der Waals surface area contributed by atoms with E-state index in [0.29, 0.717) is 0 Å². The standard InChI is InChI=1S/C10H9BrN2O2/c11-7-3-1-2-4-8(7)13-5-9(14)12-10(15)6-13/h1-4H,5-6H2,(H,12,14,15).